The molecule has 1 aliphatic rings. The smallest absolute Gasteiger partial charge is 0.410 e. The zero-order valence-corrected chi connectivity index (χ0v) is 13.7. The van der Waals surface area contributed by atoms with Crippen LogP contribution in [0.4, 0.5) is 4.79 Å². The summed E-state index contributed by atoms with van der Waals surface area (Å²) in [6, 6.07) is 7.10. The Morgan fingerprint density at radius 1 is 1.41 bits per heavy atom. The molecule has 2 N–H and O–H groups in total. The predicted molar refractivity (Wildman–Crippen MR) is 83.3 cm³/mol. The molecule has 122 valence electrons. The van der Waals surface area contributed by atoms with Gasteiger partial charge >= 0.3 is 6.09 Å². The molecule has 1 heterocycles. The van der Waals surface area contributed by atoms with Crippen molar-refractivity contribution in [3.8, 4) is 0 Å². The number of aliphatic hydroxyl groups is 2. The van der Waals surface area contributed by atoms with Gasteiger partial charge in [0.1, 0.15) is 11.2 Å². The highest BCUT2D eigenvalue weighted by atomic mass is 16.6. The van der Waals surface area contributed by atoms with Gasteiger partial charge in [-0.15, -0.1) is 0 Å². The third kappa shape index (κ3) is 3.42. The van der Waals surface area contributed by atoms with Crippen molar-refractivity contribution in [2.75, 3.05) is 6.54 Å². The summed E-state index contributed by atoms with van der Waals surface area (Å²) in [5.41, 5.74) is -0.366. The molecule has 1 saturated heterocycles. The van der Waals surface area contributed by atoms with Crippen molar-refractivity contribution >= 4 is 6.09 Å². The second-order valence-electron chi connectivity index (χ2n) is 7.01. The monoisotopic (exact) mass is 307 g/mol. The highest BCUT2D eigenvalue weighted by Crippen LogP contribution is 2.38. The standard InChI is InChI=1S/C17H25NO4/c1-12-9-17(21,14-8-6-5-7-13(14)10-19)11-18(12)15(20)22-16(2,3)4/h5-8,12,19,21H,9-11H2,1-4H3/t12-,17?/m0/s1. The number of ether oxygens (including phenoxy) is 1. The molecule has 1 amide bonds. The normalized spacial score (nSPS) is 25.4. The lowest BCUT2D eigenvalue weighted by molar-refractivity contribution is 0.0114. The molecule has 0 radical (unpaired) electrons. The number of hydrogen-bond acceptors (Lipinski definition) is 4. The number of nitrogens with zero attached hydrogens (tertiary/aromatic N) is 1. The third-order valence-electron chi connectivity index (χ3n) is 3.91. The lowest BCUT2D eigenvalue weighted by atomic mass is 9.88. The summed E-state index contributed by atoms with van der Waals surface area (Å²) >= 11 is 0. The molecule has 22 heavy (non-hydrogen) atoms. The Kier molecular flexibility index (Phi) is 4.49. The highest BCUT2D eigenvalue weighted by molar-refractivity contribution is 5.69. The SMILES string of the molecule is C[C@H]1CC(O)(c2ccccc2CO)CN1C(=O)OC(C)(C)C. The summed E-state index contributed by atoms with van der Waals surface area (Å²) in [5, 5.41) is 20.5. The molecule has 1 aliphatic heterocycles. The summed E-state index contributed by atoms with van der Waals surface area (Å²) in [6.45, 7) is 7.37. The number of benzene rings is 1. The van der Waals surface area contributed by atoms with E-state index < -0.39 is 17.3 Å². The molecule has 2 atom stereocenters. The van der Waals surface area contributed by atoms with Gasteiger partial charge in [0.25, 0.3) is 0 Å². The summed E-state index contributed by atoms with van der Waals surface area (Å²) in [6.07, 6.45) is 0.000827. The van der Waals surface area contributed by atoms with E-state index in [-0.39, 0.29) is 19.2 Å². The molecule has 0 aromatic heterocycles. The van der Waals surface area contributed by atoms with Crippen molar-refractivity contribution in [1.29, 1.82) is 0 Å². The van der Waals surface area contributed by atoms with Crippen LogP contribution in [0, 0.1) is 0 Å². The molecule has 0 aliphatic carbocycles. The fourth-order valence-electron chi connectivity index (χ4n) is 2.97. The van der Waals surface area contributed by atoms with Gasteiger partial charge < -0.3 is 19.8 Å². The molecule has 2 rings (SSSR count). The number of hydrogen-bond donors (Lipinski definition) is 2. The van der Waals surface area contributed by atoms with E-state index >= 15 is 0 Å². The fraction of sp³-hybridized carbons (Fsp3) is 0.588. The highest BCUT2D eigenvalue weighted by Gasteiger charge is 2.46. The molecule has 1 fully saturated rings. The van der Waals surface area contributed by atoms with Crippen LogP contribution in [-0.4, -0.2) is 39.4 Å². The average Bonchev–Trinajstić information content (AvgIpc) is 2.73. The van der Waals surface area contributed by atoms with Gasteiger partial charge in [-0.3, -0.25) is 0 Å². The van der Waals surface area contributed by atoms with Crippen LogP contribution in [0.2, 0.25) is 0 Å². The minimum atomic E-state index is -1.16. The van der Waals surface area contributed by atoms with Crippen LogP contribution in [0.25, 0.3) is 0 Å². The first-order valence-electron chi connectivity index (χ1n) is 7.57. The number of amides is 1. The zero-order chi connectivity index (χ0) is 16.5. The molecule has 5 nitrogen and oxygen atoms in total. The Balaban J connectivity index is 2.23. The first-order valence-corrected chi connectivity index (χ1v) is 7.57. The second kappa shape index (κ2) is 5.89. The van der Waals surface area contributed by atoms with Crippen molar-refractivity contribution < 1.29 is 19.7 Å². The number of β-amino-alcohol motifs (C(OH)–C–C–N with tert-alkyl or cyclic N) is 1. The van der Waals surface area contributed by atoms with E-state index in [2.05, 4.69) is 0 Å². The molecule has 0 spiro atoms. The Bertz CT molecular complexity index is 552. The molecular weight excluding hydrogens is 282 g/mol. The lowest BCUT2D eigenvalue weighted by Gasteiger charge is -2.28. The zero-order valence-electron chi connectivity index (χ0n) is 13.7. The van der Waals surface area contributed by atoms with Gasteiger partial charge in [0.15, 0.2) is 0 Å². The van der Waals surface area contributed by atoms with Gasteiger partial charge in [-0.25, -0.2) is 4.79 Å². The first-order chi connectivity index (χ1) is 10.2. The van der Waals surface area contributed by atoms with Crippen molar-refractivity contribution in [3.63, 3.8) is 0 Å². The van der Waals surface area contributed by atoms with Crippen LogP contribution in [0.5, 0.6) is 0 Å². The topological polar surface area (TPSA) is 70.0 Å². The van der Waals surface area contributed by atoms with Crippen molar-refractivity contribution in [2.24, 2.45) is 0 Å². The maximum absolute atomic E-state index is 12.3. The predicted octanol–water partition coefficient (Wildman–Crippen LogP) is 2.40. The van der Waals surface area contributed by atoms with Crippen LogP contribution in [0.1, 0.15) is 45.2 Å². The van der Waals surface area contributed by atoms with Crippen LogP contribution >= 0.6 is 0 Å². The number of carbonyl (C=O) groups excluding carboxylic acids is 1. The number of aliphatic hydroxyl groups excluding tert-OH is 1. The molecule has 1 aromatic carbocycles. The fourth-order valence-corrected chi connectivity index (χ4v) is 2.97. The van der Waals surface area contributed by atoms with Gasteiger partial charge in [-0.05, 0) is 38.8 Å². The maximum Gasteiger partial charge on any atom is 0.410 e. The molecular formula is C17H25NO4. The Morgan fingerprint density at radius 3 is 2.64 bits per heavy atom. The van der Waals surface area contributed by atoms with E-state index in [0.717, 1.165) is 0 Å². The van der Waals surface area contributed by atoms with Crippen molar-refractivity contribution in [3.05, 3.63) is 35.4 Å². The number of likely N-dealkylation sites (tertiary alicyclic amines) is 1. The van der Waals surface area contributed by atoms with E-state index in [0.29, 0.717) is 17.5 Å². The van der Waals surface area contributed by atoms with Gasteiger partial charge in [0.2, 0.25) is 0 Å². The largest absolute Gasteiger partial charge is 0.444 e. The Morgan fingerprint density at radius 2 is 2.05 bits per heavy atom. The Labute approximate surface area is 131 Å². The third-order valence-corrected chi connectivity index (χ3v) is 3.91. The summed E-state index contributed by atoms with van der Waals surface area (Å²) in [7, 11) is 0. The quantitative estimate of drug-likeness (QED) is 0.880. The van der Waals surface area contributed by atoms with Gasteiger partial charge in [-0.2, -0.15) is 0 Å². The minimum Gasteiger partial charge on any atom is -0.444 e. The Hall–Kier alpha value is -1.59. The van der Waals surface area contributed by atoms with E-state index in [1.54, 1.807) is 17.0 Å². The summed E-state index contributed by atoms with van der Waals surface area (Å²) in [4.78, 5) is 13.8. The summed E-state index contributed by atoms with van der Waals surface area (Å²) in [5.74, 6) is 0. The lowest BCUT2D eigenvalue weighted by Crippen LogP contribution is -2.40. The van der Waals surface area contributed by atoms with Gasteiger partial charge in [0.05, 0.1) is 13.2 Å². The minimum absolute atomic E-state index is 0.133. The van der Waals surface area contributed by atoms with Crippen molar-refractivity contribution in [2.45, 2.75) is 58.0 Å². The van der Waals surface area contributed by atoms with Crippen LogP contribution in [0.3, 0.4) is 0 Å². The number of rotatable bonds is 2. The summed E-state index contributed by atoms with van der Waals surface area (Å²) < 4.78 is 5.40. The maximum atomic E-state index is 12.3. The molecule has 0 saturated carbocycles. The molecule has 0 bridgehead atoms. The number of carbonyl (C=O) groups is 1. The van der Waals surface area contributed by atoms with Gasteiger partial charge in [-0.1, -0.05) is 24.3 Å². The van der Waals surface area contributed by atoms with E-state index in [9.17, 15) is 15.0 Å². The van der Waals surface area contributed by atoms with Crippen molar-refractivity contribution in [1.82, 2.24) is 4.90 Å². The van der Waals surface area contributed by atoms with E-state index in [4.69, 9.17) is 4.74 Å². The molecule has 1 unspecified atom stereocenters. The molecule has 5 heteroatoms. The van der Waals surface area contributed by atoms with E-state index in [1.807, 2.05) is 39.8 Å². The van der Waals surface area contributed by atoms with Gasteiger partial charge in [0, 0.05) is 12.5 Å². The average molecular weight is 307 g/mol. The van der Waals surface area contributed by atoms with Crippen LogP contribution < -0.4 is 0 Å². The van der Waals surface area contributed by atoms with E-state index in [1.165, 1.54) is 0 Å². The second-order valence-corrected chi connectivity index (χ2v) is 7.01. The first kappa shape index (κ1) is 16.8. The van der Waals surface area contributed by atoms with Crippen LogP contribution in [0.15, 0.2) is 24.3 Å². The van der Waals surface area contributed by atoms with Crippen LogP contribution in [-0.2, 0) is 16.9 Å². The molecule has 1 aromatic rings.